The zero-order chi connectivity index (χ0) is 18.6. The minimum absolute atomic E-state index is 0.0732. The molecule has 1 N–H and O–H groups in total. The number of aliphatic hydroxyl groups is 1. The van der Waals surface area contributed by atoms with Gasteiger partial charge in [-0.05, 0) is 30.5 Å². The molecule has 0 saturated carbocycles. The van der Waals surface area contributed by atoms with Gasteiger partial charge < -0.3 is 14.7 Å². The van der Waals surface area contributed by atoms with E-state index in [1.807, 2.05) is 30.2 Å². The Labute approximate surface area is 154 Å². The van der Waals surface area contributed by atoms with Crippen molar-refractivity contribution in [2.24, 2.45) is 0 Å². The number of aryl methyl sites for hydroxylation is 3. The fraction of sp³-hybridized carbons (Fsp3) is 0.500. The number of rotatable bonds is 6. The van der Waals surface area contributed by atoms with Crippen molar-refractivity contribution in [3.8, 4) is 0 Å². The van der Waals surface area contributed by atoms with Gasteiger partial charge in [0, 0.05) is 32.1 Å². The number of benzene rings is 1. The minimum atomic E-state index is -0.734. The fourth-order valence-electron chi connectivity index (χ4n) is 3.43. The molecule has 26 heavy (non-hydrogen) atoms. The molecule has 2 heterocycles. The van der Waals surface area contributed by atoms with Gasteiger partial charge in [-0.1, -0.05) is 24.3 Å². The normalized spacial score (nSPS) is 20.3. The van der Waals surface area contributed by atoms with Crippen LogP contribution in [0.1, 0.15) is 23.1 Å². The molecule has 1 aliphatic heterocycles. The molecule has 0 aliphatic carbocycles. The van der Waals surface area contributed by atoms with E-state index in [1.54, 1.807) is 10.9 Å². The summed E-state index contributed by atoms with van der Waals surface area (Å²) in [5.74, 6) is 0.0732. The summed E-state index contributed by atoms with van der Waals surface area (Å²) in [6.07, 6.45) is 4.71. The maximum Gasteiger partial charge on any atom is 0.224 e. The summed E-state index contributed by atoms with van der Waals surface area (Å²) >= 11 is 0. The summed E-state index contributed by atoms with van der Waals surface area (Å²) in [6.45, 7) is 5.91. The van der Waals surface area contributed by atoms with Crippen molar-refractivity contribution in [3.05, 3.63) is 53.3 Å². The van der Waals surface area contributed by atoms with Gasteiger partial charge >= 0.3 is 0 Å². The Balaban J connectivity index is 1.64. The molecular formula is C20H27N3O3. The van der Waals surface area contributed by atoms with Crippen LogP contribution >= 0.6 is 0 Å². The molecule has 3 rings (SSSR count). The van der Waals surface area contributed by atoms with Gasteiger partial charge in [0.25, 0.3) is 0 Å². The predicted octanol–water partition coefficient (Wildman–Crippen LogP) is 1.72. The molecule has 1 fully saturated rings. The summed E-state index contributed by atoms with van der Waals surface area (Å²) in [4.78, 5) is 14.5. The molecule has 1 aromatic heterocycles. The van der Waals surface area contributed by atoms with E-state index >= 15 is 0 Å². The summed E-state index contributed by atoms with van der Waals surface area (Å²) in [5, 5.41) is 14.3. The molecule has 140 valence electrons. The largest absolute Gasteiger partial charge is 0.393 e. The van der Waals surface area contributed by atoms with Gasteiger partial charge in [0.15, 0.2) is 0 Å². The first-order chi connectivity index (χ1) is 12.5. The van der Waals surface area contributed by atoms with Crippen LogP contribution in [0.5, 0.6) is 0 Å². The number of carbonyl (C=O) groups excluding carboxylic acids is 1. The predicted molar refractivity (Wildman–Crippen MR) is 98.8 cm³/mol. The molecule has 1 atom stereocenters. The van der Waals surface area contributed by atoms with E-state index in [4.69, 9.17) is 4.74 Å². The van der Waals surface area contributed by atoms with E-state index < -0.39 is 5.60 Å². The molecule has 6 heteroatoms. The third-order valence-corrected chi connectivity index (χ3v) is 4.98. The van der Waals surface area contributed by atoms with Crippen LogP contribution in [0, 0.1) is 13.8 Å². The number of carbonyl (C=O) groups is 1. The number of nitrogens with zero attached hydrogens (tertiary/aromatic N) is 3. The lowest BCUT2D eigenvalue weighted by Crippen LogP contribution is -2.57. The van der Waals surface area contributed by atoms with Crippen molar-refractivity contribution in [1.29, 1.82) is 0 Å². The van der Waals surface area contributed by atoms with Crippen LogP contribution in [0.3, 0.4) is 0 Å². The molecule has 0 spiro atoms. The van der Waals surface area contributed by atoms with Crippen LogP contribution in [0.4, 0.5) is 0 Å². The summed E-state index contributed by atoms with van der Waals surface area (Å²) in [6, 6.07) is 8.10. The van der Waals surface area contributed by atoms with Crippen molar-refractivity contribution in [2.75, 3.05) is 26.3 Å². The molecule has 1 saturated heterocycles. The number of hydrogen-bond acceptors (Lipinski definition) is 4. The van der Waals surface area contributed by atoms with Crippen LogP contribution in [0.15, 0.2) is 36.7 Å². The molecule has 1 aliphatic rings. The van der Waals surface area contributed by atoms with Crippen LogP contribution in [-0.4, -0.2) is 57.6 Å². The molecule has 0 bridgehead atoms. The number of hydrogen-bond donors (Lipinski definition) is 1. The van der Waals surface area contributed by atoms with Gasteiger partial charge in [0.1, 0.15) is 5.60 Å². The Morgan fingerprint density at radius 2 is 2.15 bits per heavy atom. The lowest BCUT2D eigenvalue weighted by molar-refractivity contribution is -0.158. The van der Waals surface area contributed by atoms with Crippen LogP contribution < -0.4 is 0 Å². The second-order valence-electron chi connectivity index (χ2n) is 7.14. The zero-order valence-corrected chi connectivity index (χ0v) is 15.5. The number of ether oxygens (including phenoxy) is 1. The number of amides is 1. The summed E-state index contributed by atoms with van der Waals surface area (Å²) in [7, 11) is 0. The summed E-state index contributed by atoms with van der Waals surface area (Å²) < 4.78 is 7.75. The average Bonchev–Trinajstić information content (AvgIpc) is 3.07. The summed E-state index contributed by atoms with van der Waals surface area (Å²) in [5.41, 5.74) is 2.66. The first kappa shape index (κ1) is 18.6. The van der Waals surface area contributed by atoms with Gasteiger partial charge in [0.2, 0.25) is 5.91 Å². The average molecular weight is 357 g/mol. The highest BCUT2D eigenvalue weighted by Gasteiger charge is 2.38. The number of aliphatic hydroxyl groups excluding tert-OH is 1. The minimum Gasteiger partial charge on any atom is -0.393 e. The van der Waals surface area contributed by atoms with Crippen molar-refractivity contribution >= 4 is 5.91 Å². The van der Waals surface area contributed by atoms with Crippen molar-refractivity contribution in [3.63, 3.8) is 0 Å². The Morgan fingerprint density at radius 1 is 1.35 bits per heavy atom. The van der Waals surface area contributed by atoms with Gasteiger partial charge in [-0.2, -0.15) is 5.10 Å². The fourth-order valence-corrected chi connectivity index (χ4v) is 3.43. The monoisotopic (exact) mass is 357 g/mol. The van der Waals surface area contributed by atoms with E-state index in [2.05, 4.69) is 24.2 Å². The third kappa shape index (κ3) is 4.31. The Bertz CT molecular complexity index is 758. The van der Waals surface area contributed by atoms with E-state index in [1.165, 1.54) is 5.56 Å². The molecule has 1 aromatic carbocycles. The highest BCUT2D eigenvalue weighted by Crippen LogP contribution is 2.25. The van der Waals surface area contributed by atoms with E-state index in [9.17, 15) is 9.90 Å². The maximum atomic E-state index is 12.6. The Morgan fingerprint density at radius 3 is 2.85 bits per heavy atom. The highest BCUT2D eigenvalue weighted by molar-refractivity contribution is 5.76. The zero-order valence-electron chi connectivity index (χ0n) is 15.5. The second kappa shape index (κ2) is 8.01. The maximum absolute atomic E-state index is 12.6. The number of morpholine rings is 1. The van der Waals surface area contributed by atoms with Gasteiger partial charge in [0.05, 0.1) is 26.0 Å². The molecular weight excluding hydrogens is 330 g/mol. The molecule has 2 aromatic rings. The molecule has 6 nitrogen and oxygen atoms in total. The molecule has 0 radical (unpaired) electrons. The second-order valence-corrected chi connectivity index (χ2v) is 7.14. The Kier molecular flexibility index (Phi) is 5.74. The number of aromatic nitrogens is 2. The van der Waals surface area contributed by atoms with Crippen LogP contribution in [0.25, 0.3) is 0 Å². The lowest BCUT2D eigenvalue weighted by Gasteiger charge is -2.42. The molecule has 1 amide bonds. The first-order valence-electron chi connectivity index (χ1n) is 9.07. The topological polar surface area (TPSA) is 67.6 Å². The quantitative estimate of drug-likeness (QED) is 0.855. The Hall–Kier alpha value is -2.18. The smallest absolute Gasteiger partial charge is 0.224 e. The SMILES string of the molecule is Cc1cnn(CCC(=O)N2CCO[C@@](CO)(Cc3ccccc3C)C2)c1. The molecule has 0 unspecified atom stereocenters. The van der Waals surface area contributed by atoms with Gasteiger partial charge in [-0.3, -0.25) is 9.48 Å². The standard InChI is InChI=1S/C20H27N3O3/c1-16-12-21-23(13-16)8-7-19(25)22-9-10-26-20(14-22,15-24)11-18-6-4-3-5-17(18)2/h3-6,12-13,24H,7-11,14-15H2,1-2H3/t20-/m0/s1. The lowest BCUT2D eigenvalue weighted by atomic mass is 9.91. The van der Waals surface area contributed by atoms with E-state index in [0.717, 1.165) is 11.1 Å². The van der Waals surface area contributed by atoms with Gasteiger partial charge in [-0.15, -0.1) is 0 Å². The third-order valence-electron chi connectivity index (χ3n) is 4.98. The van der Waals surface area contributed by atoms with Crippen LogP contribution in [-0.2, 0) is 22.5 Å². The first-order valence-corrected chi connectivity index (χ1v) is 9.07. The highest BCUT2D eigenvalue weighted by atomic mass is 16.5. The van der Waals surface area contributed by atoms with E-state index in [-0.39, 0.29) is 12.5 Å². The van der Waals surface area contributed by atoms with E-state index in [0.29, 0.717) is 39.1 Å². The van der Waals surface area contributed by atoms with Gasteiger partial charge in [-0.25, -0.2) is 0 Å². The van der Waals surface area contributed by atoms with Crippen molar-refractivity contribution < 1.29 is 14.6 Å². The van der Waals surface area contributed by atoms with Crippen molar-refractivity contribution in [1.82, 2.24) is 14.7 Å². The van der Waals surface area contributed by atoms with Crippen molar-refractivity contribution in [2.45, 2.75) is 38.8 Å². The van der Waals surface area contributed by atoms with Crippen LogP contribution in [0.2, 0.25) is 0 Å².